The number of carboxylic acids is 1. The van der Waals surface area contributed by atoms with Crippen molar-refractivity contribution in [2.45, 2.75) is 13.8 Å². The number of halogens is 2. The van der Waals surface area contributed by atoms with Crippen LogP contribution in [0.4, 0.5) is 0 Å². The molecule has 5 heteroatoms. The van der Waals surface area contributed by atoms with Crippen molar-refractivity contribution in [3.8, 4) is 11.3 Å². The predicted octanol–water partition coefficient (Wildman–Crippen LogP) is 5.52. The van der Waals surface area contributed by atoms with Gasteiger partial charge in [-0.2, -0.15) is 0 Å². The minimum Gasteiger partial charge on any atom is -0.478 e. The fourth-order valence-corrected chi connectivity index (χ4v) is 3.20. The molecule has 0 spiro atoms. The van der Waals surface area contributed by atoms with Gasteiger partial charge in [0.15, 0.2) is 0 Å². The van der Waals surface area contributed by atoms with Gasteiger partial charge in [0.1, 0.15) is 0 Å². The van der Waals surface area contributed by atoms with Crippen LogP contribution in [0.1, 0.15) is 21.5 Å². The number of aryl methyl sites for hydroxylation is 2. The van der Waals surface area contributed by atoms with Gasteiger partial charge in [0, 0.05) is 16.0 Å². The van der Waals surface area contributed by atoms with E-state index in [1.165, 1.54) is 0 Å². The molecule has 1 N–H and O–H groups in total. The van der Waals surface area contributed by atoms with Crippen LogP contribution in [0.5, 0.6) is 0 Å². The number of pyridine rings is 1. The Bertz CT molecular complexity index is 951. The van der Waals surface area contributed by atoms with Crippen LogP contribution < -0.4 is 0 Å². The van der Waals surface area contributed by atoms with Crippen LogP contribution in [0.25, 0.3) is 22.2 Å². The zero-order valence-corrected chi connectivity index (χ0v) is 14.0. The number of nitrogens with zero attached hydrogens (tertiary/aromatic N) is 1. The van der Waals surface area contributed by atoms with Crippen molar-refractivity contribution in [2.75, 3.05) is 0 Å². The van der Waals surface area contributed by atoms with Crippen LogP contribution in [-0.4, -0.2) is 16.1 Å². The second-order valence-electron chi connectivity index (χ2n) is 5.46. The molecule has 0 aliphatic heterocycles. The van der Waals surface area contributed by atoms with E-state index in [0.717, 1.165) is 16.7 Å². The van der Waals surface area contributed by atoms with E-state index in [0.29, 0.717) is 26.6 Å². The molecule has 1 aromatic heterocycles. The Balaban J connectivity index is 2.37. The fraction of sp³-hybridized carbons (Fsp3) is 0.111. The largest absolute Gasteiger partial charge is 0.478 e. The maximum Gasteiger partial charge on any atom is 0.336 e. The van der Waals surface area contributed by atoms with E-state index in [9.17, 15) is 9.90 Å². The molecule has 1 heterocycles. The van der Waals surface area contributed by atoms with Gasteiger partial charge in [-0.1, -0.05) is 47.0 Å². The molecular weight excluding hydrogens is 333 g/mol. The molecule has 23 heavy (non-hydrogen) atoms. The third-order valence-electron chi connectivity index (χ3n) is 3.72. The average molecular weight is 346 g/mol. The first-order valence-electron chi connectivity index (χ1n) is 6.97. The average Bonchev–Trinajstić information content (AvgIpc) is 2.46. The zero-order valence-electron chi connectivity index (χ0n) is 12.5. The van der Waals surface area contributed by atoms with Gasteiger partial charge in [0.2, 0.25) is 0 Å². The van der Waals surface area contributed by atoms with Crippen molar-refractivity contribution < 1.29 is 9.90 Å². The van der Waals surface area contributed by atoms with Crippen molar-refractivity contribution in [3.63, 3.8) is 0 Å². The summed E-state index contributed by atoms with van der Waals surface area (Å²) in [5.74, 6) is -1.04. The van der Waals surface area contributed by atoms with Crippen molar-refractivity contribution >= 4 is 40.1 Å². The molecule has 0 aliphatic carbocycles. The summed E-state index contributed by atoms with van der Waals surface area (Å²) in [4.78, 5) is 16.2. The van der Waals surface area contributed by atoms with E-state index in [4.69, 9.17) is 23.2 Å². The SMILES string of the molecule is Cc1ccc(-c2cc(C(=O)O)c3cc(Cl)cc(Cl)c3n2)c(C)c1. The Hall–Kier alpha value is -2.10. The number of aromatic nitrogens is 1. The van der Waals surface area contributed by atoms with Gasteiger partial charge >= 0.3 is 5.97 Å². The lowest BCUT2D eigenvalue weighted by Gasteiger charge is -2.11. The van der Waals surface area contributed by atoms with Crippen LogP contribution in [0.3, 0.4) is 0 Å². The molecule has 0 saturated heterocycles. The lowest BCUT2D eigenvalue weighted by atomic mass is 9.99. The molecule has 0 radical (unpaired) electrons. The van der Waals surface area contributed by atoms with Gasteiger partial charge in [0.05, 0.1) is 21.8 Å². The highest BCUT2D eigenvalue weighted by Gasteiger charge is 2.16. The zero-order chi connectivity index (χ0) is 16.7. The minimum absolute atomic E-state index is 0.134. The molecule has 0 unspecified atom stereocenters. The third-order valence-corrected chi connectivity index (χ3v) is 4.23. The second-order valence-corrected chi connectivity index (χ2v) is 6.31. The molecule has 3 nitrogen and oxygen atoms in total. The van der Waals surface area contributed by atoms with Crippen LogP contribution in [0.15, 0.2) is 36.4 Å². The number of carbonyl (C=O) groups is 1. The summed E-state index contributed by atoms with van der Waals surface area (Å²) in [6, 6.07) is 10.6. The molecule has 0 bridgehead atoms. The Kier molecular flexibility index (Phi) is 4.00. The Morgan fingerprint density at radius 3 is 2.48 bits per heavy atom. The van der Waals surface area contributed by atoms with Crippen LogP contribution in [-0.2, 0) is 0 Å². The number of hydrogen-bond acceptors (Lipinski definition) is 2. The number of benzene rings is 2. The third kappa shape index (κ3) is 2.90. The van der Waals surface area contributed by atoms with Crippen molar-refractivity contribution in [1.82, 2.24) is 4.98 Å². The number of hydrogen-bond donors (Lipinski definition) is 1. The van der Waals surface area contributed by atoms with Gasteiger partial charge in [-0.25, -0.2) is 9.78 Å². The van der Waals surface area contributed by atoms with Crippen molar-refractivity contribution in [1.29, 1.82) is 0 Å². The molecule has 0 amide bonds. The van der Waals surface area contributed by atoms with Gasteiger partial charge in [-0.3, -0.25) is 0 Å². The van der Waals surface area contributed by atoms with Gasteiger partial charge < -0.3 is 5.11 Å². The van der Waals surface area contributed by atoms with Crippen LogP contribution in [0, 0.1) is 13.8 Å². The minimum atomic E-state index is -1.04. The molecule has 2 aromatic carbocycles. The summed E-state index contributed by atoms with van der Waals surface area (Å²) in [5, 5.41) is 10.7. The van der Waals surface area contributed by atoms with E-state index >= 15 is 0 Å². The second kappa shape index (κ2) is 5.84. The molecule has 0 saturated carbocycles. The van der Waals surface area contributed by atoms with E-state index in [1.807, 2.05) is 32.0 Å². The van der Waals surface area contributed by atoms with Gasteiger partial charge in [-0.05, 0) is 37.6 Å². The highest BCUT2D eigenvalue weighted by molar-refractivity contribution is 6.38. The molecular formula is C18H13Cl2NO2. The van der Waals surface area contributed by atoms with Gasteiger partial charge in [0.25, 0.3) is 0 Å². The summed E-state index contributed by atoms with van der Waals surface area (Å²) in [7, 11) is 0. The predicted molar refractivity (Wildman–Crippen MR) is 93.6 cm³/mol. The lowest BCUT2D eigenvalue weighted by molar-refractivity contribution is 0.0699. The lowest BCUT2D eigenvalue weighted by Crippen LogP contribution is -2.01. The first-order valence-corrected chi connectivity index (χ1v) is 7.73. The molecule has 0 fully saturated rings. The van der Waals surface area contributed by atoms with E-state index < -0.39 is 5.97 Å². The summed E-state index contributed by atoms with van der Waals surface area (Å²) in [6.07, 6.45) is 0. The number of carboxylic acid groups (broad SMARTS) is 1. The maximum absolute atomic E-state index is 11.6. The number of aromatic carboxylic acids is 1. The van der Waals surface area contributed by atoms with Gasteiger partial charge in [-0.15, -0.1) is 0 Å². The van der Waals surface area contributed by atoms with E-state index in [2.05, 4.69) is 4.98 Å². The monoisotopic (exact) mass is 345 g/mol. The smallest absolute Gasteiger partial charge is 0.336 e. The van der Waals surface area contributed by atoms with E-state index in [1.54, 1.807) is 18.2 Å². The summed E-state index contributed by atoms with van der Waals surface area (Å²) >= 11 is 12.2. The quantitative estimate of drug-likeness (QED) is 0.664. The fourth-order valence-electron chi connectivity index (χ4n) is 2.67. The molecule has 0 aliphatic rings. The molecule has 3 rings (SSSR count). The maximum atomic E-state index is 11.6. The summed E-state index contributed by atoms with van der Waals surface area (Å²) in [6.45, 7) is 3.98. The summed E-state index contributed by atoms with van der Waals surface area (Å²) < 4.78 is 0. The van der Waals surface area contributed by atoms with Crippen LogP contribution in [0.2, 0.25) is 10.0 Å². The summed E-state index contributed by atoms with van der Waals surface area (Å²) in [5.41, 5.74) is 4.19. The number of fused-ring (bicyclic) bond motifs is 1. The normalized spacial score (nSPS) is 11.0. The van der Waals surface area contributed by atoms with Crippen LogP contribution >= 0.6 is 23.2 Å². The van der Waals surface area contributed by atoms with Crippen molar-refractivity contribution in [3.05, 3.63) is 63.1 Å². The first-order chi connectivity index (χ1) is 10.9. The Labute approximate surface area is 143 Å². The molecule has 0 atom stereocenters. The highest BCUT2D eigenvalue weighted by Crippen LogP contribution is 2.33. The Morgan fingerprint density at radius 1 is 1.09 bits per heavy atom. The molecule has 116 valence electrons. The topological polar surface area (TPSA) is 50.2 Å². The Morgan fingerprint density at radius 2 is 1.83 bits per heavy atom. The standard InChI is InChI=1S/C18H13Cl2NO2/c1-9-3-4-12(10(2)5-9)16-8-14(18(22)23)13-6-11(19)7-15(20)17(13)21-16/h3-8H,1-2H3,(H,22,23). The first kappa shape index (κ1) is 15.8. The van der Waals surface area contributed by atoms with E-state index in [-0.39, 0.29) is 5.56 Å². The number of rotatable bonds is 2. The van der Waals surface area contributed by atoms with Crippen molar-refractivity contribution in [2.24, 2.45) is 0 Å². The highest BCUT2D eigenvalue weighted by atomic mass is 35.5. The molecule has 3 aromatic rings.